The molecule has 0 aliphatic heterocycles. The first-order valence-corrected chi connectivity index (χ1v) is 7.13. The van der Waals surface area contributed by atoms with Gasteiger partial charge in [-0.25, -0.2) is 0 Å². The van der Waals surface area contributed by atoms with Crippen LogP contribution >= 0.6 is 15.9 Å². The topological polar surface area (TPSA) is 58.2 Å². The predicted octanol–water partition coefficient (Wildman–Crippen LogP) is 1.73. The van der Waals surface area contributed by atoms with Crippen LogP contribution in [-0.2, 0) is 15.0 Å². The smallest absolute Gasteiger partial charge is 0.230 e. The molecule has 1 aliphatic carbocycles. The van der Waals surface area contributed by atoms with Crippen LogP contribution in [0.25, 0.3) is 0 Å². The molecule has 0 spiro atoms. The maximum absolute atomic E-state index is 12.2. The van der Waals surface area contributed by atoms with E-state index in [1.165, 1.54) is 6.92 Å². The van der Waals surface area contributed by atoms with Crippen LogP contribution in [0.2, 0.25) is 0 Å². The molecule has 1 saturated carbocycles. The standard InChI is InChI=1S/C14H17BrN2O2/c1-10(18)16-8-9-17-13(19)14(6-7-14)11-2-4-12(15)5-3-11/h2-5H,6-9H2,1H3,(H,16,18)(H,17,19). The van der Waals surface area contributed by atoms with Crippen molar-refractivity contribution in [2.75, 3.05) is 13.1 Å². The van der Waals surface area contributed by atoms with Crippen LogP contribution in [0.5, 0.6) is 0 Å². The quantitative estimate of drug-likeness (QED) is 0.810. The Bertz CT molecular complexity index is 481. The second-order valence-electron chi connectivity index (χ2n) is 4.83. The van der Waals surface area contributed by atoms with E-state index in [0.29, 0.717) is 13.1 Å². The minimum absolute atomic E-state index is 0.0557. The van der Waals surface area contributed by atoms with E-state index in [9.17, 15) is 9.59 Å². The molecule has 1 aliphatic rings. The third-order valence-electron chi connectivity index (χ3n) is 3.37. The summed E-state index contributed by atoms with van der Waals surface area (Å²) in [6, 6.07) is 7.90. The largest absolute Gasteiger partial charge is 0.355 e. The second kappa shape index (κ2) is 5.74. The van der Waals surface area contributed by atoms with Gasteiger partial charge in [0.2, 0.25) is 11.8 Å². The van der Waals surface area contributed by atoms with Gasteiger partial charge < -0.3 is 10.6 Å². The first-order valence-electron chi connectivity index (χ1n) is 6.33. The maximum Gasteiger partial charge on any atom is 0.230 e. The Hall–Kier alpha value is -1.36. The molecule has 1 aromatic rings. The molecule has 2 N–H and O–H groups in total. The van der Waals surface area contributed by atoms with Gasteiger partial charge in [0.15, 0.2) is 0 Å². The van der Waals surface area contributed by atoms with Crippen molar-refractivity contribution >= 4 is 27.7 Å². The molecular formula is C14H17BrN2O2. The average Bonchev–Trinajstić information content (AvgIpc) is 3.16. The van der Waals surface area contributed by atoms with Crippen LogP contribution in [0.1, 0.15) is 25.3 Å². The highest BCUT2D eigenvalue weighted by Gasteiger charge is 2.50. The molecule has 1 fully saturated rings. The minimum atomic E-state index is -0.350. The van der Waals surface area contributed by atoms with E-state index in [2.05, 4.69) is 26.6 Å². The fourth-order valence-electron chi connectivity index (χ4n) is 2.12. The normalized spacial score (nSPS) is 15.7. The number of hydrogen-bond acceptors (Lipinski definition) is 2. The molecule has 0 unspecified atom stereocenters. The highest BCUT2D eigenvalue weighted by Crippen LogP contribution is 2.48. The lowest BCUT2D eigenvalue weighted by Crippen LogP contribution is -2.39. The molecule has 0 radical (unpaired) electrons. The van der Waals surface area contributed by atoms with Crippen LogP contribution in [0.15, 0.2) is 28.7 Å². The van der Waals surface area contributed by atoms with Crippen molar-refractivity contribution < 1.29 is 9.59 Å². The third kappa shape index (κ3) is 3.35. The Morgan fingerprint density at radius 2 is 1.74 bits per heavy atom. The van der Waals surface area contributed by atoms with Gasteiger partial charge in [0, 0.05) is 24.5 Å². The van der Waals surface area contributed by atoms with E-state index in [1.54, 1.807) is 0 Å². The number of amides is 2. The molecular weight excluding hydrogens is 308 g/mol. The summed E-state index contributed by atoms with van der Waals surface area (Å²) in [5.74, 6) is -0.0246. The van der Waals surface area contributed by atoms with Crippen molar-refractivity contribution in [3.8, 4) is 0 Å². The molecule has 0 heterocycles. The number of benzene rings is 1. The number of nitrogens with one attached hydrogen (secondary N) is 2. The van der Waals surface area contributed by atoms with Crippen LogP contribution in [-0.4, -0.2) is 24.9 Å². The number of carbonyl (C=O) groups is 2. The van der Waals surface area contributed by atoms with Gasteiger partial charge in [-0.3, -0.25) is 9.59 Å². The molecule has 19 heavy (non-hydrogen) atoms. The highest BCUT2D eigenvalue weighted by atomic mass is 79.9. The van der Waals surface area contributed by atoms with E-state index in [1.807, 2.05) is 24.3 Å². The minimum Gasteiger partial charge on any atom is -0.355 e. The van der Waals surface area contributed by atoms with E-state index in [4.69, 9.17) is 0 Å². The Balaban J connectivity index is 1.91. The first-order chi connectivity index (χ1) is 9.04. The fourth-order valence-corrected chi connectivity index (χ4v) is 2.39. The van der Waals surface area contributed by atoms with E-state index >= 15 is 0 Å². The van der Waals surface area contributed by atoms with Gasteiger partial charge in [0.05, 0.1) is 5.41 Å². The lowest BCUT2D eigenvalue weighted by molar-refractivity contribution is -0.124. The monoisotopic (exact) mass is 324 g/mol. The number of halogens is 1. The van der Waals surface area contributed by atoms with Crippen molar-refractivity contribution in [3.05, 3.63) is 34.3 Å². The van der Waals surface area contributed by atoms with E-state index in [0.717, 1.165) is 22.9 Å². The molecule has 0 bridgehead atoms. The summed E-state index contributed by atoms with van der Waals surface area (Å²) < 4.78 is 1.01. The zero-order chi connectivity index (χ0) is 13.9. The van der Waals surface area contributed by atoms with Gasteiger partial charge in [-0.05, 0) is 30.5 Å². The number of carbonyl (C=O) groups excluding carboxylic acids is 2. The Kier molecular flexibility index (Phi) is 4.24. The van der Waals surface area contributed by atoms with Crippen molar-refractivity contribution in [3.63, 3.8) is 0 Å². The summed E-state index contributed by atoms with van der Waals surface area (Å²) in [4.78, 5) is 22.9. The van der Waals surface area contributed by atoms with Gasteiger partial charge in [-0.15, -0.1) is 0 Å². The summed E-state index contributed by atoms with van der Waals surface area (Å²) in [5.41, 5.74) is 0.712. The maximum atomic E-state index is 12.2. The fraction of sp³-hybridized carbons (Fsp3) is 0.429. The molecule has 2 rings (SSSR count). The lowest BCUT2D eigenvalue weighted by Gasteiger charge is -2.16. The zero-order valence-corrected chi connectivity index (χ0v) is 12.4. The van der Waals surface area contributed by atoms with Crippen LogP contribution in [0, 0.1) is 0 Å². The van der Waals surface area contributed by atoms with Crippen LogP contribution in [0.4, 0.5) is 0 Å². The van der Waals surface area contributed by atoms with Crippen LogP contribution in [0.3, 0.4) is 0 Å². The number of rotatable bonds is 5. The molecule has 0 aromatic heterocycles. The predicted molar refractivity (Wildman–Crippen MR) is 76.7 cm³/mol. The molecule has 0 atom stereocenters. The van der Waals surface area contributed by atoms with Crippen molar-refractivity contribution in [1.29, 1.82) is 0 Å². The molecule has 5 heteroatoms. The van der Waals surface area contributed by atoms with Gasteiger partial charge in [0.25, 0.3) is 0 Å². The third-order valence-corrected chi connectivity index (χ3v) is 3.89. The highest BCUT2D eigenvalue weighted by molar-refractivity contribution is 9.10. The van der Waals surface area contributed by atoms with Gasteiger partial charge in [-0.1, -0.05) is 28.1 Å². The van der Waals surface area contributed by atoms with Gasteiger partial charge in [0.1, 0.15) is 0 Å². The zero-order valence-electron chi connectivity index (χ0n) is 10.8. The molecule has 0 saturated heterocycles. The van der Waals surface area contributed by atoms with Gasteiger partial charge in [-0.2, -0.15) is 0 Å². The first kappa shape index (κ1) is 14.1. The molecule has 2 amide bonds. The second-order valence-corrected chi connectivity index (χ2v) is 5.74. The van der Waals surface area contributed by atoms with E-state index in [-0.39, 0.29) is 17.2 Å². The summed E-state index contributed by atoms with van der Waals surface area (Å²) in [5, 5.41) is 5.55. The number of hydrogen-bond donors (Lipinski definition) is 2. The molecule has 1 aromatic carbocycles. The van der Waals surface area contributed by atoms with Crippen molar-refractivity contribution in [2.45, 2.75) is 25.2 Å². The Morgan fingerprint density at radius 3 is 2.26 bits per heavy atom. The van der Waals surface area contributed by atoms with Crippen molar-refractivity contribution in [1.82, 2.24) is 10.6 Å². The van der Waals surface area contributed by atoms with Gasteiger partial charge >= 0.3 is 0 Å². The molecule has 102 valence electrons. The summed E-state index contributed by atoms with van der Waals surface area (Å²) in [6.45, 7) is 2.40. The average molecular weight is 325 g/mol. The van der Waals surface area contributed by atoms with Crippen molar-refractivity contribution in [2.24, 2.45) is 0 Å². The Morgan fingerprint density at radius 1 is 1.16 bits per heavy atom. The summed E-state index contributed by atoms with van der Waals surface area (Å²) in [6.07, 6.45) is 1.78. The van der Waals surface area contributed by atoms with Crippen LogP contribution < -0.4 is 10.6 Å². The summed E-state index contributed by atoms with van der Waals surface area (Å²) in [7, 11) is 0. The summed E-state index contributed by atoms with van der Waals surface area (Å²) >= 11 is 3.39. The SMILES string of the molecule is CC(=O)NCCNC(=O)C1(c2ccc(Br)cc2)CC1. The molecule has 4 nitrogen and oxygen atoms in total. The lowest BCUT2D eigenvalue weighted by atomic mass is 9.95. The Labute approximate surface area is 121 Å². The van der Waals surface area contributed by atoms with E-state index < -0.39 is 0 Å².